The van der Waals surface area contributed by atoms with Gasteiger partial charge in [0.25, 0.3) is 0 Å². The first kappa shape index (κ1) is 19.5. The van der Waals surface area contributed by atoms with Gasteiger partial charge in [0.05, 0.1) is 0 Å². The van der Waals surface area contributed by atoms with Crippen molar-refractivity contribution in [2.75, 3.05) is 58.3 Å². The lowest BCUT2D eigenvalue weighted by Gasteiger charge is -2.36. The number of likely N-dealkylation sites (tertiary alicyclic amines) is 1. The fraction of sp³-hybridized carbons (Fsp3) is 0.650. The first-order valence-corrected chi connectivity index (χ1v) is 9.94. The van der Waals surface area contributed by atoms with Gasteiger partial charge >= 0.3 is 6.03 Å². The number of piperidine rings is 1. The summed E-state index contributed by atoms with van der Waals surface area (Å²) in [6.45, 7) is 4.78. The van der Waals surface area contributed by atoms with Crippen LogP contribution in [0.3, 0.4) is 0 Å². The molecule has 2 aliphatic rings. The summed E-state index contributed by atoms with van der Waals surface area (Å²) in [4.78, 5) is 36.9. The van der Waals surface area contributed by atoms with E-state index < -0.39 is 0 Å². The minimum Gasteiger partial charge on any atom is -0.353 e. The van der Waals surface area contributed by atoms with Crippen molar-refractivity contribution >= 4 is 17.8 Å². The Bertz CT molecular complexity index is 629. The van der Waals surface area contributed by atoms with Gasteiger partial charge < -0.3 is 19.6 Å². The van der Waals surface area contributed by atoms with E-state index in [1.807, 2.05) is 28.0 Å². The highest BCUT2D eigenvalue weighted by atomic mass is 16.2. The molecule has 3 rings (SSSR count). The Morgan fingerprint density at radius 3 is 2.56 bits per heavy atom. The molecular formula is C20H31N5O2. The van der Waals surface area contributed by atoms with Crippen molar-refractivity contribution in [2.45, 2.75) is 25.7 Å². The van der Waals surface area contributed by atoms with E-state index in [0.29, 0.717) is 12.3 Å². The van der Waals surface area contributed by atoms with Gasteiger partial charge in [-0.05, 0) is 37.3 Å². The molecule has 1 aromatic rings. The van der Waals surface area contributed by atoms with E-state index in [2.05, 4.69) is 9.88 Å². The van der Waals surface area contributed by atoms with Crippen LogP contribution in [0.5, 0.6) is 0 Å². The molecule has 3 amide bonds. The summed E-state index contributed by atoms with van der Waals surface area (Å²) in [6, 6.07) is 6.01. The minimum atomic E-state index is 0.0802. The lowest BCUT2D eigenvalue weighted by Crippen LogP contribution is -2.49. The Morgan fingerprint density at radius 1 is 1.11 bits per heavy atom. The van der Waals surface area contributed by atoms with Crippen LogP contribution < -0.4 is 4.90 Å². The number of hydrogen-bond donors (Lipinski definition) is 0. The zero-order valence-corrected chi connectivity index (χ0v) is 16.5. The zero-order valence-electron chi connectivity index (χ0n) is 16.5. The van der Waals surface area contributed by atoms with Crippen LogP contribution in [0.1, 0.15) is 25.7 Å². The summed E-state index contributed by atoms with van der Waals surface area (Å²) >= 11 is 0. The molecule has 2 aliphatic heterocycles. The third-order valence-electron chi connectivity index (χ3n) is 5.54. The molecule has 2 fully saturated rings. The molecule has 0 unspecified atom stereocenters. The average molecular weight is 374 g/mol. The van der Waals surface area contributed by atoms with Crippen molar-refractivity contribution in [1.29, 1.82) is 0 Å². The lowest BCUT2D eigenvalue weighted by molar-refractivity contribution is -0.131. The van der Waals surface area contributed by atoms with E-state index in [1.165, 1.54) is 0 Å². The van der Waals surface area contributed by atoms with E-state index in [-0.39, 0.29) is 11.9 Å². The monoisotopic (exact) mass is 373 g/mol. The van der Waals surface area contributed by atoms with Gasteiger partial charge in [0.1, 0.15) is 5.82 Å². The third kappa shape index (κ3) is 5.11. The zero-order chi connectivity index (χ0) is 19.2. The molecule has 7 nitrogen and oxygen atoms in total. The van der Waals surface area contributed by atoms with Crippen LogP contribution in [0.2, 0.25) is 0 Å². The van der Waals surface area contributed by atoms with E-state index in [1.54, 1.807) is 25.2 Å². The maximum atomic E-state index is 12.6. The summed E-state index contributed by atoms with van der Waals surface area (Å²) in [5, 5.41) is 0. The molecule has 0 aromatic carbocycles. The van der Waals surface area contributed by atoms with Gasteiger partial charge in [0.15, 0.2) is 0 Å². The molecule has 0 radical (unpaired) electrons. The topological polar surface area (TPSA) is 60.0 Å². The predicted octanol–water partition coefficient (Wildman–Crippen LogP) is 1.90. The molecule has 1 atom stereocenters. The number of urea groups is 1. The first-order valence-electron chi connectivity index (χ1n) is 9.94. The molecule has 0 bridgehead atoms. The van der Waals surface area contributed by atoms with Gasteiger partial charge in [0.2, 0.25) is 5.91 Å². The van der Waals surface area contributed by atoms with Crippen LogP contribution in [0.4, 0.5) is 10.6 Å². The van der Waals surface area contributed by atoms with Crippen molar-refractivity contribution in [3.8, 4) is 0 Å². The maximum absolute atomic E-state index is 12.6. The number of pyridine rings is 1. The quantitative estimate of drug-likeness (QED) is 0.809. The van der Waals surface area contributed by atoms with Crippen molar-refractivity contribution < 1.29 is 9.59 Å². The van der Waals surface area contributed by atoms with Gasteiger partial charge in [-0.3, -0.25) is 4.79 Å². The Kier molecular flexibility index (Phi) is 6.53. The third-order valence-corrected chi connectivity index (χ3v) is 5.54. The van der Waals surface area contributed by atoms with Crippen LogP contribution in [-0.4, -0.2) is 85.0 Å². The highest BCUT2D eigenvalue weighted by Crippen LogP contribution is 2.22. The number of nitrogens with zero attached hydrogens (tertiary/aromatic N) is 5. The van der Waals surface area contributed by atoms with Crippen molar-refractivity contribution in [2.24, 2.45) is 5.92 Å². The Labute approximate surface area is 161 Å². The van der Waals surface area contributed by atoms with E-state index >= 15 is 0 Å². The van der Waals surface area contributed by atoms with Crippen LogP contribution in [0.15, 0.2) is 24.4 Å². The van der Waals surface area contributed by atoms with Crippen LogP contribution in [-0.2, 0) is 4.79 Å². The second kappa shape index (κ2) is 9.06. The fourth-order valence-electron chi connectivity index (χ4n) is 3.97. The number of carbonyl (C=O) groups is 2. The summed E-state index contributed by atoms with van der Waals surface area (Å²) in [7, 11) is 3.58. The Hall–Kier alpha value is -2.31. The summed E-state index contributed by atoms with van der Waals surface area (Å²) in [5.41, 5.74) is 0. The van der Waals surface area contributed by atoms with Gasteiger partial charge in [-0.2, -0.15) is 0 Å². The summed E-state index contributed by atoms with van der Waals surface area (Å²) < 4.78 is 0. The van der Waals surface area contributed by atoms with Crippen LogP contribution in [0.25, 0.3) is 0 Å². The normalized spacial score (nSPS) is 20.5. The minimum absolute atomic E-state index is 0.0802. The lowest BCUT2D eigenvalue weighted by atomic mass is 9.93. The molecule has 2 saturated heterocycles. The highest BCUT2D eigenvalue weighted by Gasteiger charge is 2.26. The number of anilines is 1. The number of hydrogen-bond acceptors (Lipinski definition) is 4. The maximum Gasteiger partial charge on any atom is 0.319 e. The average Bonchev–Trinajstić information content (AvgIpc) is 2.72. The smallest absolute Gasteiger partial charge is 0.319 e. The van der Waals surface area contributed by atoms with Gasteiger partial charge in [-0.15, -0.1) is 0 Å². The molecule has 148 valence electrons. The molecule has 0 N–H and O–H groups in total. The van der Waals surface area contributed by atoms with Crippen LogP contribution >= 0.6 is 0 Å². The summed E-state index contributed by atoms with van der Waals surface area (Å²) in [6.07, 6.45) is 5.40. The molecule has 0 aliphatic carbocycles. The van der Waals surface area contributed by atoms with Gasteiger partial charge in [0, 0.05) is 66.0 Å². The second-order valence-electron chi connectivity index (χ2n) is 7.73. The molecule has 27 heavy (non-hydrogen) atoms. The SMILES string of the molecule is CN(C)C(=O)N1CCC[C@H](CCC(=O)N2CCN(c3ccccn3)CC2)C1. The van der Waals surface area contributed by atoms with E-state index in [4.69, 9.17) is 0 Å². The number of aromatic nitrogens is 1. The number of piperazine rings is 1. The standard InChI is InChI=1S/C20H31N5O2/c1-22(2)20(27)25-11-5-6-17(16-25)8-9-19(26)24-14-12-23(13-15-24)18-7-3-4-10-21-18/h3-4,7,10,17H,5-6,8-9,11-16H2,1-2H3/t17-/m1/s1. The molecule has 1 aromatic heterocycles. The number of rotatable bonds is 4. The molecule has 0 spiro atoms. The summed E-state index contributed by atoms with van der Waals surface area (Å²) in [5.74, 6) is 1.66. The fourth-order valence-corrected chi connectivity index (χ4v) is 3.97. The number of carbonyl (C=O) groups excluding carboxylic acids is 2. The van der Waals surface area contributed by atoms with Crippen molar-refractivity contribution in [1.82, 2.24) is 19.7 Å². The van der Waals surface area contributed by atoms with Crippen LogP contribution in [0, 0.1) is 5.92 Å². The Morgan fingerprint density at radius 2 is 1.89 bits per heavy atom. The number of amides is 3. The van der Waals surface area contributed by atoms with Gasteiger partial charge in [-0.25, -0.2) is 9.78 Å². The van der Waals surface area contributed by atoms with Crippen molar-refractivity contribution in [3.05, 3.63) is 24.4 Å². The molecule has 0 saturated carbocycles. The van der Waals surface area contributed by atoms with Gasteiger partial charge in [-0.1, -0.05) is 6.07 Å². The second-order valence-corrected chi connectivity index (χ2v) is 7.73. The Balaban J connectivity index is 1.41. The first-order chi connectivity index (χ1) is 13.0. The molecule has 7 heteroatoms. The highest BCUT2D eigenvalue weighted by molar-refractivity contribution is 5.76. The predicted molar refractivity (Wildman–Crippen MR) is 106 cm³/mol. The van der Waals surface area contributed by atoms with E-state index in [9.17, 15) is 9.59 Å². The largest absolute Gasteiger partial charge is 0.353 e. The van der Waals surface area contributed by atoms with E-state index in [0.717, 1.165) is 64.3 Å². The molecule has 3 heterocycles. The van der Waals surface area contributed by atoms with Crippen molar-refractivity contribution in [3.63, 3.8) is 0 Å². The molecular weight excluding hydrogens is 342 g/mol.